The molecular weight excluding hydrogens is 320 g/mol. The Balaban J connectivity index is 1.43. The molecule has 5 rings (SSSR count). The van der Waals surface area contributed by atoms with E-state index >= 15 is 0 Å². The molecule has 1 aromatic carbocycles. The highest BCUT2D eigenvalue weighted by Gasteiger charge is 2.60. The van der Waals surface area contributed by atoms with E-state index in [0.29, 0.717) is 35.7 Å². The fourth-order valence-electron chi connectivity index (χ4n) is 5.51. The number of carbonyl (C=O) groups is 2. The van der Waals surface area contributed by atoms with Gasteiger partial charge in [0, 0.05) is 13.5 Å². The monoisotopic (exact) mass is 342 g/mol. The van der Waals surface area contributed by atoms with Crippen LogP contribution in [0, 0.1) is 17.8 Å². The van der Waals surface area contributed by atoms with E-state index in [9.17, 15) is 14.7 Å². The molecule has 1 N–H and O–H groups in total. The van der Waals surface area contributed by atoms with Crippen LogP contribution in [0.3, 0.4) is 0 Å². The summed E-state index contributed by atoms with van der Waals surface area (Å²) in [5.41, 5.74) is 0.710. The van der Waals surface area contributed by atoms with Gasteiger partial charge in [0.05, 0.1) is 24.4 Å². The Morgan fingerprint density at radius 1 is 1.16 bits per heavy atom. The number of hydrogen-bond donors (Lipinski definition) is 1. The van der Waals surface area contributed by atoms with Crippen LogP contribution in [-0.4, -0.2) is 53.2 Å². The highest BCUT2D eigenvalue weighted by Crippen LogP contribution is 2.55. The Morgan fingerprint density at radius 3 is 2.72 bits per heavy atom. The standard InChI is InChI=1S/C19H22N2O4/c1-10(22)20-9-16(25-15-5-3-2-4-14(15)20)19(24)21-8-12-6-11-7-13(12)17(21)18(11)23/h2-5,11-13,16-18,23H,6-9H2,1H3. The molecule has 6 heteroatoms. The summed E-state index contributed by atoms with van der Waals surface area (Å²) in [6.07, 6.45) is 0.948. The number of carbonyl (C=O) groups excluding carboxylic acids is 2. The van der Waals surface area contributed by atoms with E-state index in [2.05, 4.69) is 0 Å². The van der Waals surface area contributed by atoms with Crippen molar-refractivity contribution >= 4 is 17.5 Å². The second kappa shape index (κ2) is 5.21. The number of hydrogen-bond acceptors (Lipinski definition) is 4. The zero-order valence-electron chi connectivity index (χ0n) is 14.2. The number of likely N-dealkylation sites (tertiary alicyclic amines) is 1. The Labute approximate surface area is 146 Å². The van der Waals surface area contributed by atoms with Crippen molar-refractivity contribution in [3.05, 3.63) is 24.3 Å². The van der Waals surface area contributed by atoms with E-state index in [-0.39, 0.29) is 24.4 Å². The molecule has 2 aliphatic carbocycles. The lowest BCUT2D eigenvalue weighted by Crippen LogP contribution is -2.54. The average Bonchev–Trinajstić information content (AvgIpc) is 3.22. The van der Waals surface area contributed by atoms with E-state index < -0.39 is 12.2 Å². The van der Waals surface area contributed by atoms with Gasteiger partial charge in [0.25, 0.3) is 5.91 Å². The predicted octanol–water partition coefficient (Wildman–Crippen LogP) is 1.03. The van der Waals surface area contributed by atoms with Crippen molar-refractivity contribution < 1.29 is 19.4 Å². The molecule has 4 aliphatic rings. The van der Waals surface area contributed by atoms with Gasteiger partial charge in [-0.25, -0.2) is 0 Å². The molecule has 1 saturated heterocycles. The second-order valence-electron chi connectivity index (χ2n) is 7.83. The number of para-hydroxylation sites is 2. The third-order valence-electron chi connectivity index (χ3n) is 6.56. The average molecular weight is 342 g/mol. The van der Waals surface area contributed by atoms with Crippen LogP contribution in [0.15, 0.2) is 24.3 Å². The Hall–Kier alpha value is -2.08. The molecule has 2 amide bonds. The van der Waals surface area contributed by atoms with Gasteiger partial charge in [-0.3, -0.25) is 9.59 Å². The van der Waals surface area contributed by atoms with Gasteiger partial charge in [0.15, 0.2) is 6.10 Å². The first kappa shape index (κ1) is 15.2. The van der Waals surface area contributed by atoms with Gasteiger partial charge in [-0.05, 0) is 42.7 Å². The van der Waals surface area contributed by atoms with Crippen molar-refractivity contribution in [1.29, 1.82) is 0 Å². The van der Waals surface area contributed by atoms with Gasteiger partial charge in [0.1, 0.15) is 5.75 Å². The number of benzene rings is 1. The zero-order chi connectivity index (χ0) is 17.3. The maximum absolute atomic E-state index is 13.2. The highest BCUT2D eigenvalue weighted by molar-refractivity contribution is 5.96. The number of fused-ring (bicyclic) bond motifs is 2. The fraction of sp³-hybridized carbons (Fsp3) is 0.579. The van der Waals surface area contributed by atoms with Crippen molar-refractivity contribution in [1.82, 2.24) is 4.90 Å². The molecular formula is C19H22N2O4. The number of anilines is 1. The summed E-state index contributed by atoms with van der Waals surface area (Å²) in [7, 11) is 0. The van der Waals surface area contributed by atoms with Gasteiger partial charge >= 0.3 is 0 Å². The van der Waals surface area contributed by atoms with Crippen LogP contribution < -0.4 is 9.64 Å². The fourth-order valence-corrected chi connectivity index (χ4v) is 5.51. The number of rotatable bonds is 1. The van der Waals surface area contributed by atoms with E-state index in [0.717, 1.165) is 12.8 Å². The van der Waals surface area contributed by atoms with Crippen molar-refractivity contribution in [2.45, 2.75) is 38.0 Å². The first-order chi connectivity index (χ1) is 12.0. The van der Waals surface area contributed by atoms with Crippen LogP contribution >= 0.6 is 0 Å². The molecule has 2 saturated carbocycles. The van der Waals surface area contributed by atoms with Crippen molar-refractivity contribution in [3.8, 4) is 5.75 Å². The molecule has 25 heavy (non-hydrogen) atoms. The van der Waals surface area contributed by atoms with E-state index in [1.54, 1.807) is 11.0 Å². The first-order valence-electron chi connectivity index (χ1n) is 9.07. The summed E-state index contributed by atoms with van der Waals surface area (Å²) in [5, 5.41) is 10.5. The first-order valence-corrected chi connectivity index (χ1v) is 9.07. The number of nitrogens with zero attached hydrogens (tertiary/aromatic N) is 2. The molecule has 1 aromatic rings. The maximum atomic E-state index is 13.2. The SMILES string of the molecule is CC(=O)N1CC(C(=O)N2CC3CC4CC3C2C4O)Oc2ccccc21. The molecule has 2 aliphatic heterocycles. The summed E-state index contributed by atoms with van der Waals surface area (Å²) < 4.78 is 5.95. The Bertz CT molecular complexity index is 749. The van der Waals surface area contributed by atoms with Gasteiger partial charge in [0.2, 0.25) is 5.91 Å². The molecule has 0 spiro atoms. The van der Waals surface area contributed by atoms with Gasteiger partial charge in [-0.15, -0.1) is 0 Å². The van der Waals surface area contributed by atoms with Crippen molar-refractivity contribution in [3.63, 3.8) is 0 Å². The summed E-state index contributed by atoms with van der Waals surface area (Å²) in [6.45, 7) is 2.44. The number of aliphatic hydroxyl groups excluding tert-OH is 1. The van der Waals surface area contributed by atoms with Gasteiger partial charge in [-0.2, -0.15) is 0 Å². The van der Waals surface area contributed by atoms with E-state index in [1.165, 1.54) is 6.92 Å². The second-order valence-corrected chi connectivity index (χ2v) is 7.83. The van der Waals surface area contributed by atoms with Gasteiger partial charge in [-0.1, -0.05) is 12.1 Å². The third-order valence-corrected chi connectivity index (χ3v) is 6.56. The van der Waals surface area contributed by atoms with Crippen LogP contribution in [0.2, 0.25) is 0 Å². The normalized spacial score (nSPS) is 37.8. The molecule has 6 nitrogen and oxygen atoms in total. The number of amides is 2. The lowest BCUT2D eigenvalue weighted by Gasteiger charge is -2.37. The topological polar surface area (TPSA) is 70.1 Å². The Morgan fingerprint density at radius 2 is 1.96 bits per heavy atom. The third kappa shape index (κ3) is 2.06. The van der Waals surface area contributed by atoms with Gasteiger partial charge < -0.3 is 19.6 Å². The smallest absolute Gasteiger partial charge is 0.265 e. The molecule has 0 aromatic heterocycles. The summed E-state index contributed by atoms with van der Waals surface area (Å²) in [4.78, 5) is 28.7. The van der Waals surface area contributed by atoms with Crippen LogP contribution in [0.25, 0.3) is 0 Å². The van der Waals surface area contributed by atoms with Crippen molar-refractivity contribution in [2.75, 3.05) is 18.0 Å². The van der Waals surface area contributed by atoms with Crippen LogP contribution in [0.4, 0.5) is 5.69 Å². The minimum atomic E-state index is -0.706. The quantitative estimate of drug-likeness (QED) is 0.828. The largest absolute Gasteiger partial charge is 0.476 e. The summed E-state index contributed by atoms with van der Waals surface area (Å²) in [6, 6.07) is 7.25. The molecule has 6 atom stereocenters. The highest BCUT2D eigenvalue weighted by atomic mass is 16.5. The minimum Gasteiger partial charge on any atom is -0.476 e. The van der Waals surface area contributed by atoms with E-state index in [1.807, 2.05) is 23.1 Å². The summed E-state index contributed by atoms with van der Waals surface area (Å²) >= 11 is 0. The summed E-state index contributed by atoms with van der Waals surface area (Å²) in [5.74, 6) is 1.66. The molecule has 0 radical (unpaired) electrons. The number of aliphatic hydroxyl groups is 1. The lowest BCUT2D eigenvalue weighted by molar-refractivity contribution is -0.141. The van der Waals surface area contributed by atoms with Crippen LogP contribution in [-0.2, 0) is 9.59 Å². The predicted molar refractivity (Wildman–Crippen MR) is 90.1 cm³/mol. The Kier molecular flexibility index (Phi) is 3.17. The van der Waals surface area contributed by atoms with Crippen molar-refractivity contribution in [2.24, 2.45) is 17.8 Å². The zero-order valence-corrected chi connectivity index (χ0v) is 14.2. The van der Waals surface area contributed by atoms with E-state index in [4.69, 9.17) is 4.74 Å². The molecule has 6 unspecified atom stereocenters. The molecule has 2 bridgehead atoms. The maximum Gasteiger partial charge on any atom is 0.265 e. The molecule has 3 fully saturated rings. The molecule has 2 heterocycles. The number of ether oxygens (including phenoxy) is 1. The minimum absolute atomic E-state index is 0.0669. The van der Waals surface area contributed by atoms with Crippen LogP contribution in [0.5, 0.6) is 5.75 Å². The molecule has 132 valence electrons. The van der Waals surface area contributed by atoms with Crippen LogP contribution in [0.1, 0.15) is 19.8 Å². The lowest BCUT2D eigenvalue weighted by atomic mass is 9.88.